The average Bonchev–Trinajstić information content (AvgIpc) is 2.55. The zero-order valence-corrected chi connectivity index (χ0v) is 15.7. The van der Waals surface area contributed by atoms with Gasteiger partial charge in [0.2, 0.25) is 0 Å². The molecule has 0 aliphatic heterocycles. The van der Waals surface area contributed by atoms with E-state index in [2.05, 4.69) is 69.7 Å². The summed E-state index contributed by atoms with van der Waals surface area (Å²) in [7, 11) is 0. The van der Waals surface area contributed by atoms with Crippen molar-refractivity contribution in [1.29, 1.82) is 0 Å². The highest BCUT2D eigenvalue weighted by Crippen LogP contribution is 2.40. The van der Waals surface area contributed by atoms with E-state index in [9.17, 15) is 4.79 Å². The first-order chi connectivity index (χ1) is 11.7. The van der Waals surface area contributed by atoms with Crippen LogP contribution >= 0.6 is 0 Å². The molecular formula is C22H28O3. The Balaban J connectivity index is 2.17. The predicted octanol–water partition coefficient (Wildman–Crippen LogP) is 6.13. The smallest absolute Gasteiger partial charge is 0.449 e. The Labute approximate surface area is 150 Å². The Morgan fingerprint density at radius 3 is 2.32 bits per heavy atom. The van der Waals surface area contributed by atoms with Gasteiger partial charge in [-0.15, -0.1) is 0 Å². The molecule has 0 amide bonds. The summed E-state index contributed by atoms with van der Waals surface area (Å²) in [5.41, 5.74) is 2.42. The minimum Gasteiger partial charge on any atom is -0.449 e. The van der Waals surface area contributed by atoms with Crippen molar-refractivity contribution in [3.05, 3.63) is 65.8 Å². The summed E-state index contributed by atoms with van der Waals surface area (Å²) in [6.07, 6.45) is 11.0. The second-order valence-corrected chi connectivity index (χ2v) is 7.70. The number of carbonyl (C=O) groups is 1. The van der Waals surface area contributed by atoms with Crippen molar-refractivity contribution in [2.24, 2.45) is 11.3 Å². The molecule has 0 saturated heterocycles. The van der Waals surface area contributed by atoms with Crippen LogP contribution in [0.4, 0.5) is 4.79 Å². The lowest BCUT2D eigenvalue weighted by atomic mass is 9.70. The van der Waals surface area contributed by atoms with Gasteiger partial charge in [0.05, 0.1) is 0 Å². The summed E-state index contributed by atoms with van der Waals surface area (Å²) in [5, 5.41) is 8.68. The maximum Gasteiger partial charge on any atom is 0.511 e. The van der Waals surface area contributed by atoms with Crippen molar-refractivity contribution in [1.82, 2.24) is 0 Å². The molecule has 1 unspecified atom stereocenters. The van der Waals surface area contributed by atoms with Crippen LogP contribution in [-0.2, 0) is 5.41 Å². The van der Waals surface area contributed by atoms with Crippen molar-refractivity contribution in [2.45, 2.75) is 46.5 Å². The van der Waals surface area contributed by atoms with E-state index in [1.807, 2.05) is 12.1 Å². The van der Waals surface area contributed by atoms with Crippen LogP contribution in [0.3, 0.4) is 0 Å². The van der Waals surface area contributed by atoms with Gasteiger partial charge in [0.15, 0.2) is 0 Å². The van der Waals surface area contributed by atoms with Gasteiger partial charge in [0.25, 0.3) is 0 Å². The van der Waals surface area contributed by atoms with Gasteiger partial charge in [-0.1, -0.05) is 70.2 Å². The SMILES string of the molecule is CC=CC(C)(C)C1C=CC(C(C)(C)c2ccc(OC(=O)O)cc2)=CC1. The van der Waals surface area contributed by atoms with Gasteiger partial charge in [-0.25, -0.2) is 4.79 Å². The van der Waals surface area contributed by atoms with Crippen LogP contribution in [0.1, 0.15) is 46.6 Å². The molecule has 0 bridgehead atoms. The predicted molar refractivity (Wildman–Crippen MR) is 102 cm³/mol. The summed E-state index contributed by atoms with van der Waals surface area (Å²) < 4.78 is 4.68. The highest BCUT2D eigenvalue weighted by molar-refractivity contribution is 5.61. The first-order valence-electron chi connectivity index (χ1n) is 8.71. The van der Waals surface area contributed by atoms with Gasteiger partial charge in [0, 0.05) is 5.41 Å². The molecule has 1 aliphatic rings. The molecule has 2 rings (SSSR count). The Kier molecular flexibility index (Phi) is 5.56. The van der Waals surface area contributed by atoms with Crippen LogP contribution in [-0.4, -0.2) is 11.3 Å². The second kappa shape index (κ2) is 7.30. The summed E-state index contributed by atoms with van der Waals surface area (Å²) in [4.78, 5) is 10.6. The largest absolute Gasteiger partial charge is 0.511 e. The van der Waals surface area contributed by atoms with Crippen LogP contribution < -0.4 is 4.74 Å². The number of rotatable bonds is 5. The number of hydrogen-bond acceptors (Lipinski definition) is 2. The quantitative estimate of drug-likeness (QED) is 0.398. The molecule has 1 aromatic rings. The normalized spacial score (nSPS) is 18.3. The molecule has 0 radical (unpaired) electrons. The van der Waals surface area contributed by atoms with E-state index in [1.54, 1.807) is 12.1 Å². The van der Waals surface area contributed by atoms with Crippen LogP contribution in [0.2, 0.25) is 0 Å². The summed E-state index contributed by atoms with van der Waals surface area (Å²) in [6, 6.07) is 7.28. The molecule has 0 saturated carbocycles. The fourth-order valence-electron chi connectivity index (χ4n) is 3.40. The van der Waals surface area contributed by atoms with Crippen molar-refractivity contribution in [3.63, 3.8) is 0 Å². The van der Waals surface area contributed by atoms with Crippen molar-refractivity contribution >= 4 is 6.16 Å². The molecule has 1 aliphatic carbocycles. The Bertz CT molecular complexity index is 703. The van der Waals surface area contributed by atoms with Crippen molar-refractivity contribution in [2.75, 3.05) is 0 Å². The molecule has 1 aromatic carbocycles. The number of carboxylic acid groups (broad SMARTS) is 1. The third-order valence-corrected chi connectivity index (χ3v) is 5.15. The van der Waals surface area contributed by atoms with Crippen LogP contribution in [0.25, 0.3) is 0 Å². The van der Waals surface area contributed by atoms with Crippen molar-refractivity contribution < 1.29 is 14.6 Å². The van der Waals surface area contributed by atoms with Gasteiger partial charge in [0.1, 0.15) is 5.75 Å². The van der Waals surface area contributed by atoms with Crippen LogP contribution in [0.5, 0.6) is 5.75 Å². The average molecular weight is 340 g/mol. The zero-order chi connectivity index (χ0) is 18.7. The van der Waals surface area contributed by atoms with Crippen LogP contribution in [0.15, 0.2) is 60.2 Å². The molecule has 1 atom stereocenters. The first-order valence-corrected chi connectivity index (χ1v) is 8.71. The molecule has 3 heteroatoms. The fourth-order valence-corrected chi connectivity index (χ4v) is 3.40. The number of hydrogen-bond donors (Lipinski definition) is 1. The molecule has 25 heavy (non-hydrogen) atoms. The Morgan fingerprint density at radius 1 is 1.20 bits per heavy atom. The Morgan fingerprint density at radius 2 is 1.84 bits per heavy atom. The lowest BCUT2D eigenvalue weighted by Gasteiger charge is -2.34. The van der Waals surface area contributed by atoms with E-state index in [0.29, 0.717) is 11.7 Å². The first kappa shape index (κ1) is 19.0. The third kappa shape index (κ3) is 4.41. The molecule has 1 N–H and O–H groups in total. The van der Waals surface area contributed by atoms with E-state index in [4.69, 9.17) is 5.11 Å². The molecule has 0 fully saturated rings. The molecule has 134 valence electrons. The van der Waals surface area contributed by atoms with Gasteiger partial charge < -0.3 is 9.84 Å². The van der Waals surface area contributed by atoms with E-state index < -0.39 is 6.16 Å². The minimum atomic E-state index is -1.29. The number of ether oxygens (including phenoxy) is 1. The van der Waals surface area contributed by atoms with Gasteiger partial charge in [-0.3, -0.25) is 0 Å². The van der Waals surface area contributed by atoms with E-state index in [-0.39, 0.29) is 10.8 Å². The molecule has 0 heterocycles. The number of benzene rings is 1. The monoisotopic (exact) mass is 340 g/mol. The third-order valence-electron chi connectivity index (χ3n) is 5.15. The maximum atomic E-state index is 10.6. The summed E-state index contributed by atoms with van der Waals surface area (Å²) in [6.45, 7) is 11.0. The molecular weight excluding hydrogens is 312 g/mol. The number of allylic oxidation sites excluding steroid dienone is 6. The standard InChI is InChI=1S/C22H28O3/c1-6-15-21(2,3)16-7-9-17(10-8-16)22(4,5)18-11-13-19(14-12-18)25-20(23)24/h6-7,9-16H,8H2,1-5H3,(H,23,24). The topological polar surface area (TPSA) is 46.5 Å². The van der Waals surface area contributed by atoms with Crippen LogP contribution in [0, 0.1) is 11.3 Å². The van der Waals surface area contributed by atoms with Crippen molar-refractivity contribution in [3.8, 4) is 5.75 Å². The molecule has 3 nitrogen and oxygen atoms in total. The lowest BCUT2D eigenvalue weighted by Crippen LogP contribution is -2.25. The fraction of sp³-hybridized carbons (Fsp3) is 0.409. The zero-order valence-electron chi connectivity index (χ0n) is 15.7. The minimum absolute atomic E-state index is 0.145. The summed E-state index contributed by atoms with van der Waals surface area (Å²) >= 11 is 0. The highest BCUT2D eigenvalue weighted by Gasteiger charge is 2.30. The van der Waals surface area contributed by atoms with Gasteiger partial charge in [-0.2, -0.15) is 0 Å². The van der Waals surface area contributed by atoms with E-state index in [1.165, 1.54) is 5.57 Å². The molecule has 0 aromatic heterocycles. The second-order valence-electron chi connectivity index (χ2n) is 7.70. The van der Waals surface area contributed by atoms with E-state index >= 15 is 0 Å². The summed E-state index contributed by atoms with van der Waals surface area (Å²) in [5.74, 6) is 0.836. The molecule has 0 spiro atoms. The highest BCUT2D eigenvalue weighted by atomic mass is 16.7. The van der Waals surface area contributed by atoms with Gasteiger partial charge in [-0.05, 0) is 47.9 Å². The maximum absolute atomic E-state index is 10.6. The van der Waals surface area contributed by atoms with E-state index in [0.717, 1.165) is 12.0 Å². The lowest BCUT2D eigenvalue weighted by molar-refractivity contribution is 0.144. The Hall–Kier alpha value is -2.29. The van der Waals surface area contributed by atoms with Gasteiger partial charge >= 0.3 is 6.16 Å².